The van der Waals surface area contributed by atoms with Gasteiger partial charge in [-0.2, -0.15) is 4.98 Å². The van der Waals surface area contributed by atoms with E-state index < -0.39 is 0 Å². The molecule has 0 radical (unpaired) electrons. The van der Waals surface area contributed by atoms with E-state index in [9.17, 15) is 4.79 Å². The Morgan fingerprint density at radius 1 is 0.792 bits per heavy atom. The van der Waals surface area contributed by atoms with E-state index in [1.54, 1.807) is 17.1 Å². The van der Waals surface area contributed by atoms with Crippen LogP contribution in [0.25, 0.3) is 11.2 Å². The average molecular weight is 316 g/mol. The van der Waals surface area contributed by atoms with Crippen LogP contribution in [0.4, 0.5) is 0 Å². The van der Waals surface area contributed by atoms with Gasteiger partial charge in [0.25, 0.3) is 0 Å². The molecule has 24 heavy (non-hydrogen) atoms. The zero-order valence-corrected chi connectivity index (χ0v) is 13.0. The summed E-state index contributed by atoms with van der Waals surface area (Å²) in [5.74, 6) is 0. The van der Waals surface area contributed by atoms with E-state index in [4.69, 9.17) is 0 Å². The smallest absolute Gasteiger partial charge is 0.324 e. The molecule has 118 valence electrons. The molecule has 0 unspecified atom stereocenters. The quantitative estimate of drug-likeness (QED) is 0.582. The average Bonchev–Trinajstić information content (AvgIpc) is 3.02. The summed E-state index contributed by atoms with van der Waals surface area (Å²) in [6, 6.07) is 20.0. The summed E-state index contributed by atoms with van der Waals surface area (Å²) >= 11 is 0. The fourth-order valence-electron chi connectivity index (χ4n) is 2.81. The maximum absolute atomic E-state index is 12.2. The lowest BCUT2D eigenvalue weighted by Gasteiger charge is -2.07. The van der Waals surface area contributed by atoms with Crippen molar-refractivity contribution in [1.82, 2.24) is 19.1 Å². The Labute approximate surface area is 138 Å². The van der Waals surface area contributed by atoms with Crippen LogP contribution >= 0.6 is 0 Å². The molecule has 0 atom stereocenters. The molecule has 0 N–H and O–H groups in total. The third-order valence-electron chi connectivity index (χ3n) is 4.02. The van der Waals surface area contributed by atoms with Crippen molar-refractivity contribution in [3.05, 3.63) is 94.8 Å². The van der Waals surface area contributed by atoms with Crippen molar-refractivity contribution >= 4 is 11.2 Å². The number of rotatable bonds is 4. The predicted molar refractivity (Wildman–Crippen MR) is 92.9 cm³/mol. The molecule has 0 saturated carbocycles. The van der Waals surface area contributed by atoms with Gasteiger partial charge in [-0.05, 0) is 11.1 Å². The topological polar surface area (TPSA) is 52.7 Å². The SMILES string of the molecule is O=c1ncc2c(ncn2Cc2ccccc2)n1Cc1ccccc1. The van der Waals surface area contributed by atoms with Gasteiger partial charge in [-0.15, -0.1) is 0 Å². The summed E-state index contributed by atoms with van der Waals surface area (Å²) in [7, 11) is 0. The Bertz CT molecular complexity index is 1020. The van der Waals surface area contributed by atoms with Crippen LogP contribution in [-0.2, 0) is 13.1 Å². The first kappa shape index (κ1) is 14.4. The highest BCUT2D eigenvalue weighted by atomic mass is 16.1. The highest BCUT2D eigenvalue weighted by Crippen LogP contribution is 2.13. The molecular weight excluding hydrogens is 300 g/mol. The number of hydrogen-bond acceptors (Lipinski definition) is 3. The number of benzene rings is 2. The molecule has 4 rings (SSSR count). The van der Waals surface area contributed by atoms with Gasteiger partial charge in [0.15, 0.2) is 5.65 Å². The van der Waals surface area contributed by atoms with Crippen LogP contribution in [0.3, 0.4) is 0 Å². The van der Waals surface area contributed by atoms with E-state index >= 15 is 0 Å². The molecule has 2 heterocycles. The van der Waals surface area contributed by atoms with Crippen LogP contribution in [0, 0.1) is 0 Å². The number of fused-ring (bicyclic) bond motifs is 1. The van der Waals surface area contributed by atoms with E-state index in [1.807, 2.05) is 53.1 Å². The highest BCUT2D eigenvalue weighted by Gasteiger charge is 2.10. The lowest BCUT2D eigenvalue weighted by atomic mass is 10.2. The summed E-state index contributed by atoms with van der Waals surface area (Å²) < 4.78 is 3.63. The summed E-state index contributed by atoms with van der Waals surface area (Å²) in [5.41, 5.74) is 3.46. The second kappa shape index (κ2) is 6.12. The molecule has 0 aliphatic heterocycles. The van der Waals surface area contributed by atoms with Crippen molar-refractivity contribution in [3.63, 3.8) is 0 Å². The zero-order valence-electron chi connectivity index (χ0n) is 13.0. The van der Waals surface area contributed by atoms with E-state index in [2.05, 4.69) is 22.1 Å². The summed E-state index contributed by atoms with van der Waals surface area (Å²) in [6.07, 6.45) is 3.37. The Morgan fingerprint density at radius 2 is 1.42 bits per heavy atom. The van der Waals surface area contributed by atoms with E-state index in [1.165, 1.54) is 5.56 Å². The molecule has 0 aliphatic carbocycles. The Morgan fingerprint density at radius 3 is 2.08 bits per heavy atom. The molecule has 2 aromatic heterocycles. The van der Waals surface area contributed by atoms with Gasteiger partial charge in [0.1, 0.15) is 5.52 Å². The summed E-state index contributed by atoms with van der Waals surface area (Å²) in [4.78, 5) is 20.7. The number of nitrogens with zero attached hydrogens (tertiary/aromatic N) is 4. The maximum Gasteiger partial charge on any atom is 0.349 e. The number of hydrogen-bond donors (Lipinski definition) is 0. The first-order valence-electron chi connectivity index (χ1n) is 7.80. The molecule has 0 fully saturated rings. The van der Waals surface area contributed by atoms with Crippen LogP contribution in [-0.4, -0.2) is 19.1 Å². The molecular formula is C19H16N4O. The third-order valence-corrected chi connectivity index (χ3v) is 4.02. The molecule has 5 nitrogen and oxygen atoms in total. The van der Waals surface area contributed by atoms with Crippen molar-refractivity contribution in [3.8, 4) is 0 Å². The Kier molecular flexibility index (Phi) is 3.67. The molecule has 4 aromatic rings. The van der Waals surface area contributed by atoms with Gasteiger partial charge in [0.05, 0.1) is 19.1 Å². The minimum atomic E-state index is -0.281. The van der Waals surface area contributed by atoms with E-state index in [0.29, 0.717) is 18.7 Å². The molecule has 0 aliphatic rings. The molecule has 0 amide bonds. The second-order valence-corrected chi connectivity index (χ2v) is 5.68. The van der Waals surface area contributed by atoms with Crippen LogP contribution < -0.4 is 5.69 Å². The van der Waals surface area contributed by atoms with E-state index in [0.717, 1.165) is 11.1 Å². The monoisotopic (exact) mass is 316 g/mol. The minimum absolute atomic E-state index is 0.281. The fraction of sp³-hybridized carbons (Fsp3) is 0.105. The van der Waals surface area contributed by atoms with Gasteiger partial charge in [0.2, 0.25) is 0 Å². The van der Waals surface area contributed by atoms with Crippen molar-refractivity contribution < 1.29 is 0 Å². The Hall–Kier alpha value is -3.21. The van der Waals surface area contributed by atoms with Crippen molar-refractivity contribution in [1.29, 1.82) is 0 Å². The first-order chi connectivity index (χ1) is 11.8. The van der Waals surface area contributed by atoms with Crippen molar-refractivity contribution in [2.24, 2.45) is 0 Å². The normalized spacial score (nSPS) is 11.0. The number of aromatic nitrogens is 4. The molecule has 0 spiro atoms. The highest BCUT2D eigenvalue weighted by molar-refractivity contribution is 5.70. The third kappa shape index (κ3) is 2.72. The van der Waals surface area contributed by atoms with Crippen molar-refractivity contribution in [2.75, 3.05) is 0 Å². The zero-order chi connectivity index (χ0) is 16.4. The fourth-order valence-corrected chi connectivity index (χ4v) is 2.81. The molecule has 5 heteroatoms. The second-order valence-electron chi connectivity index (χ2n) is 5.68. The van der Waals surface area contributed by atoms with Gasteiger partial charge in [-0.25, -0.2) is 9.78 Å². The molecule has 2 aromatic carbocycles. The minimum Gasteiger partial charge on any atom is -0.324 e. The van der Waals surface area contributed by atoms with Gasteiger partial charge in [0, 0.05) is 6.54 Å². The van der Waals surface area contributed by atoms with E-state index in [-0.39, 0.29) is 5.69 Å². The molecule has 0 bridgehead atoms. The lowest BCUT2D eigenvalue weighted by molar-refractivity contribution is 0.751. The summed E-state index contributed by atoms with van der Waals surface area (Å²) in [6.45, 7) is 1.16. The lowest BCUT2D eigenvalue weighted by Crippen LogP contribution is -2.23. The van der Waals surface area contributed by atoms with Crippen molar-refractivity contribution in [2.45, 2.75) is 13.1 Å². The van der Waals surface area contributed by atoms with Gasteiger partial charge < -0.3 is 4.57 Å². The van der Waals surface area contributed by atoms with Crippen LogP contribution in [0.1, 0.15) is 11.1 Å². The standard InChI is InChI=1S/C19H16N4O/c24-19-20-11-17-18(23(19)13-16-9-5-2-6-10-16)21-14-22(17)12-15-7-3-1-4-8-15/h1-11,14H,12-13H2. The molecule has 0 saturated heterocycles. The van der Waals surface area contributed by atoms with Crippen LogP contribution in [0.2, 0.25) is 0 Å². The van der Waals surface area contributed by atoms with Gasteiger partial charge in [-0.3, -0.25) is 4.57 Å². The van der Waals surface area contributed by atoms with Crippen LogP contribution in [0.5, 0.6) is 0 Å². The summed E-state index contributed by atoms with van der Waals surface area (Å²) in [5, 5.41) is 0. The van der Waals surface area contributed by atoms with Gasteiger partial charge in [-0.1, -0.05) is 60.7 Å². The Balaban J connectivity index is 1.75. The van der Waals surface area contributed by atoms with Gasteiger partial charge >= 0.3 is 5.69 Å². The number of imidazole rings is 1. The predicted octanol–water partition coefficient (Wildman–Crippen LogP) is 2.69. The maximum atomic E-state index is 12.2. The van der Waals surface area contributed by atoms with Crippen LogP contribution in [0.15, 0.2) is 78.0 Å². The largest absolute Gasteiger partial charge is 0.349 e. The first-order valence-corrected chi connectivity index (χ1v) is 7.80.